The van der Waals surface area contributed by atoms with Crippen LogP contribution in [0.1, 0.15) is 47.0 Å². The predicted molar refractivity (Wildman–Crippen MR) is 78.0 cm³/mol. The highest BCUT2D eigenvalue weighted by Gasteiger charge is 2.31. The van der Waals surface area contributed by atoms with Crippen molar-refractivity contribution in [2.24, 2.45) is 17.3 Å². The lowest BCUT2D eigenvalue weighted by atomic mass is 9.84. The van der Waals surface area contributed by atoms with Crippen LogP contribution in [0.3, 0.4) is 0 Å². The number of aliphatic hydroxyl groups excluding tert-OH is 1. The highest BCUT2D eigenvalue weighted by Crippen LogP contribution is 2.32. The molecule has 0 spiro atoms. The fourth-order valence-corrected chi connectivity index (χ4v) is 2.62. The molecule has 0 aromatic carbocycles. The molecule has 1 aliphatic carbocycles. The first kappa shape index (κ1) is 16.3. The molecular formula is C15H30N2O2. The fraction of sp³-hybridized carbons (Fsp3) is 0.933. The number of amides is 2. The first-order chi connectivity index (χ1) is 8.71. The summed E-state index contributed by atoms with van der Waals surface area (Å²) in [4.78, 5) is 13.5. The van der Waals surface area contributed by atoms with E-state index < -0.39 is 0 Å². The highest BCUT2D eigenvalue weighted by molar-refractivity contribution is 5.73. The minimum absolute atomic E-state index is 0.0865. The zero-order valence-corrected chi connectivity index (χ0v) is 13.1. The topological polar surface area (TPSA) is 52.6 Å². The van der Waals surface area contributed by atoms with Crippen LogP contribution >= 0.6 is 0 Å². The van der Waals surface area contributed by atoms with Gasteiger partial charge in [-0.3, -0.25) is 0 Å². The summed E-state index contributed by atoms with van der Waals surface area (Å²) in [6, 6.07) is -0.0865. The van der Waals surface area contributed by atoms with Crippen molar-refractivity contribution in [1.29, 1.82) is 0 Å². The first-order valence-corrected chi connectivity index (χ1v) is 7.38. The van der Waals surface area contributed by atoms with E-state index in [0.717, 1.165) is 19.3 Å². The number of carbonyl (C=O) groups excluding carboxylic acids is 1. The summed E-state index contributed by atoms with van der Waals surface area (Å²) in [6.45, 7) is 9.84. The molecule has 0 aromatic heterocycles. The van der Waals surface area contributed by atoms with Crippen molar-refractivity contribution in [3.05, 3.63) is 0 Å². The van der Waals surface area contributed by atoms with Gasteiger partial charge in [0, 0.05) is 20.1 Å². The van der Waals surface area contributed by atoms with E-state index in [9.17, 15) is 9.90 Å². The van der Waals surface area contributed by atoms with Gasteiger partial charge in [0.25, 0.3) is 0 Å². The van der Waals surface area contributed by atoms with E-state index in [4.69, 9.17) is 0 Å². The Morgan fingerprint density at radius 2 is 2.00 bits per heavy atom. The molecular weight excluding hydrogens is 240 g/mol. The van der Waals surface area contributed by atoms with Crippen LogP contribution in [-0.4, -0.2) is 42.3 Å². The maximum Gasteiger partial charge on any atom is 0.317 e. The molecule has 0 aliphatic heterocycles. The van der Waals surface area contributed by atoms with E-state index in [0.29, 0.717) is 24.9 Å². The molecule has 1 rings (SSSR count). The standard InChI is InChI=1S/C15H30N2O2/c1-11(2)8-15(3,4)10-16-14(19)17(5)9-13(18)12-6-7-12/h11-13,18H,6-10H2,1-5H3,(H,16,19). The first-order valence-electron chi connectivity index (χ1n) is 7.38. The monoisotopic (exact) mass is 270 g/mol. The highest BCUT2D eigenvalue weighted by atomic mass is 16.3. The molecule has 4 nitrogen and oxygen atoms in total. The lowest BCUT2D eigenvalue weighted by Gasteiger charge is -2.29. The summed E-state index contributed by atoms with van der Waals surface area (Å²) in [5.41, 5.74) is 0.111. The van der Waals surface area contributed by atoms with Gasteiger partial charge in [0.2, 0.25) is 0 Å². The van der Waals surface area contributed by atoms with Gasteiger partial charge in [-0.25, -0.2) is 4.79 Å². The number of hydrogen-bond acceptors (Lipinski definition) is 2. The van der Waals surface area contributed by atoms with Gasteiger partial charge in [0.1, 0.15) is 0 Å². The second-order valence-electron chi connectivity index (χ2n) is 7.21. The van der Waals surface area contributed by atoms with Crippen LogP contribution in [0.4, 0.5) is 4.79 Å². The van der Waals surface area contributed by atoms with Gasteiger partial charge in [0.05, 0.1) is 6.10 Å². The number of aliphatic hydroxyl groups is 1. The SMILES string of the molecule is CC(C)CC(C)(C)CNC(=O)N(C)CC(O)C1CC1. The molecule has 4 heteroatoms. The van der Waals surface area contributed by atoms with Crippen LogP contribution in [0.2, 0.25) is 0 Å². The number of likely N-dealkylation sites (N-methyl/N-ethyl adjacent to an activating group) is 1. The summed E-state index contributed by atoms with van der Waals surface area (Å²) in [5, 5.41) is 12.8. The maximum atomic E-state index is 12.0. The molecule has 0 saturated heterocycles. The van der Waals surface area contributed by atoms with Crippen molar-refractivity contribution in [2.75, 3.05) is 20.1 Å². The van der Waals surface area contributed by atoms with E-state index in [1.165, 1.54) is 0 Å². The van der Waals surface area contributed by atoms with Crippen molar-refractivity contribution in [3.63, 3.8) is 0 Å². The Hall–Kier alpha value is -0.770. The van der Waals surface area contributed by atoms with Crippen LogP contribution in [0.15, 0.2) is 0 Å². The van der Waals surface area contributed by atoms with Crippen LogP contribution in [-0.2, 0) is 0 Å². The van der Waals surface area contributed by atoms with Crippen LogP contribution < -0.4 is 5.32 Å². The zero-order chi connectivity index (χ0) is 14.6. The van der Waals surface area contributed by atoms with Crippen LogP contribution in [0.5, 0.6) is 0 Å². The summed E-state index contributed by atoms with van der Waals surface area (Å²) < 4.78 is 0. The lowest BCUT2D eigenvalue weighted by molar-refractivity contribution is 0.112. The summed E-state index contributed by atoms with van der Waals surface area (Å²) >= 11 is 0. The smallest absolute Gasteiger partial charge is 0.317 e. The van der Waals surface area contributed by atoms with Crippen molar-refractivity contribution in [1.82, 2.24) is 10.2 Å². The molecule has 112 valence electrons. The zero-order valence-electron chi connectivity index (χ0n) is 13.1. The summed E-state index contributed by atoms with van der Waals surface area (Å²) in [7, 11) is 1.75. The average Bonchev–Trinajstić information content (AvgIpc) is 3.07. The van der Waals surface area contributed by atoms with Gasteiger partial charge in [-0.05, 0) is 36.5 Å². The van der Waals surface area contributed by atoms with E-state index in [1.807, 2.05) is 0 Å². The molecule has 1 aliphatic rings. The average molecular weight is 270 g/mol. The van der Waals surface area contributed by atoms with Crippen LogP contribution in [0.25, 0.3) is 0 Å². The third kappa shape index (κ3) is 6.28. The van der Waals surface area contributed by atoms with Gasteiger partial charge >= 0.3 is 6.03 Å². The second kappa shape index (κ2) is 6.60. The minimum Gasteiger partial charge on any atom is -0.391 e. The molecule has 1 unspecified atom stereocenters. The Balaban J connectivity index is 2.29. The molecule has 1 atom stereocenters. The number of urea groups is 1. The Kier molecular flexibility index (Phi) is 5.65. The van der Waals surface area contributed by atoms with Crippen molar-refractivity contribution >= 4 is 6.03 Å². The number of hydrogen-bond donors (Lipinski definition) is 2. The van der Waals surface area contributed by atoms with Gasteiger partial charge in [-0.1, -0.05) is 27.7 Å². The molecule has 0 radical (unpaired) electrons. The van der Waals surface area contributed by atoms with Crippen molar-refractivity contribution in [2.45, 2.75) is 53.1 Å². The Morgan fingerprint density at radius 3 is 2.47 bits per heavy atom. The third-order valence-corrected chi connectivity index (χ3v) is 3.65. The Labute approximate surface area is 117 Å². The quantitative estimate of drug-likeness (QED) is 0.746. The molecule has 19 heavy (non-hydrogen) atoms. The van der Waals surface area contributed by atoms with Crippen molar-refractivity contribution in [3.8, 4) is 0 Å². The largest absolute Gasteiger partial charge is 0.391 e. The van der Waals surface area contributed by atoms with Gasteiger partial charge < -0.3 is 15.3 Å². The molecule has 1 fully saturated rings. The maximum absolute atomic E-state index is 12.0. The Bertz CT molecular complexity index is 299. The number of nitrogens with one attached hydrogen (secondary N) is 1. The van der Waals surface area contributed by atoms with E-state index >= 15 is 0 Å². The molecule has 2 N–H and O–H groups in total. The predicted octanol–water partition coefficient (Wildman–Crippen LogP) is 2.47. The van der Waals surface area contributed by atoms with Crippen molar-refractivity contribution < 1.29 is 9.90 Å². The van der Waals surface area contributed by atoms with Gasteiger partial charge in [0.15, 0.2) is 0 Å². The second-order valence-corrected chi connectivity index (χ2v) is 7.21. The van der Waals surface area contributed by atoms with Gasteiger partial charge in [-0.2, -0.15) is 0 Å². The molecule has 2 amide bonds. The summed E-state index contributed by atoms with van der Waals surface area (Å²) in [5.74, 6) is 1.04. The van der Waals surface area contributed by atoms with Crippen LogP contribution in [0, 0.1) is 17.3 Å². The minimum atomic E-state index is -0.362. The fourth-order valence-electron chi connectivity index (χ4n) is 2.62. The van der Waals surface area contributed by atoms with E-state index in [-0.39, 0.29) is 17.6 Å². The molecule has 0 heterocycles. The normalized spacial score (nSPS) is 17.4. The van der Waals surface area contributed by atoms with Gasteiger partial charge in [-0.15, -0.1) is 0 Å². The molecule has 0 bridgehead atoms. The molecule has 1 saturated carbocycles. The lowest BCUT2D eigenvalue weighted by Crippen LogP contribution is -2.44. The number of rotatable bonds is 7. The number of carbonyl (C=O) groups is 1. The summed E-state index contributed by atoms with van der Waals surface area (Å²) in [6.07, 6.45) is 2.91. The molecule has 0 aromatic rings. The number of nitrogens with zero attached hydrogens (tertiary/aromatic N) is 1. The van der Waals surface area contributed by atoms with E-state index in [2.05, 4.69) is 33.0 Å². The Morgan fingerprint density at radius 1 is 1.42 bits per heavy atom. The van der Waals surface area contributed by atoms with E-state index in [1.54, 1.807) is 11.9 Å². The third-order valence-electron chi connectivity index (χ3n) is 3.65.